The number of anilines is 1. The molecular formula is C20H18FN5O8. The van der Waals surface area contributed by atoms with Crippen LogP contribution in [0.2, 0.25) is 0 Å². The number of ether oxygens (including phenoxy) is 1. The summed E-state index contributed by atoms with van der Waals surface area (Å²) in [5, 5.41) is 39.7. The first-order valence-corrected chi connectivity index (χ1v) is 9.97. The van der Waals surface area contributed by atoms with Gasteiger partial charge in [0.2, 0.25) is 5.82 Å². The van der Waals surface area contributed by atoms with Crippen LogP contribution in [0.5, 0.6) is 5.75 Å². The number of esters is 1. The maximum absolute atomic E-state index is 13.9. The first kappa shape index (κ1) is 24.2. The second-order valence-electron chi connectivity index (χ2n) is 7.08. The van der Waals surface area contributed by atoms with Crippen molar-refractivity contribution in [2.75, 3.05) is 24.6 Å². The van der Waals surface area contributed by atoms with E-state index < -0.39 is 44.4 Å². The molecule has 0 bridgehead atoms. The number of nitro benzene ring substituents is 2. The van der Waals surface area contributed by atoms with Crippen molar-refractivity contribution in [3.05, 3.63) is 55.9 Å². The van der Waals surface area contributed by atoms with Crippen molar-refractivity contribution >= 4 is 40.2 Å². The second kappa shape index (κ2) is 9.97. The van der Waals surface area contributed by atoms with E-state index in [9.17, 15) is 39.3 Å². The maximum Gasteiger partial charge on any atom is 0.311 e. The Morgan fingerprint density at radius 1 is 1.15 bits per heavy atom. The van der Waals surface area contributed by atoms with Crippen LogP contribution in [0.3, 0.4) is 0 Å². The Kier molecular flexibility index (Phi) is 7.09. The van der Waals surface area contributed by atoms with Crippen LogP contribution in [0.15, 0.2) is 34.5 Å². The van der Waals surface area contributed by atoms with Gasteiger partial charge in [-0.05, 0) is 13.0 Å². The molecule has 2 aromatic carbocycles. The Bertz CT molecular complexity index is 1220. The normalized spacial score (nSPS) is 13.1. The first-order valence-electron chi connectivity index (χ1n) is 9.97. The molecule has 0 spiro atoms. The van der Waals surface area contributed by atoms with Crippen molar-refractivity contribution in [1.29, 1.82) is 0 Å². The first-order chi connectivity index (χ1) is 16.1. The third kappa shape index (κ3) is 5.11. The second-order valence-corrected chi connectivity index (χ2v) is 7.08. The van der Waals surface area contributed by atoms with Gasteiger partial charge in [0.15, 0.2) is 11.5 Å². The minimum absolute atomic E-state index is 0.0685. The van der Waals surface area contributed by atoms with Crippen LogP contribution >= 0.6 is 0 Å². The summed E-state index contributed by atoms with van der Waals surface area (Å²) in [6.45, 7) is 2.48. The van der Waals surface area contributed by atoms with Crippen LogP contribution in [-0.2, 0) is 9.53 Å². The number of halogens is 1. The van der Waals surface area contributed by atoms with Gasteiger partial charge in [0.25, 0.3) is 0 Å². The number of benzene rings is 2. The monoisotopic (exact) mass is 475 g/mol. The number of Topliss-reactive ketones (excluding diaryl/α,β-unsaturated/α-hetero) is 1. The van der Waals surface area contributed by atoms with Crippen LogP contribution in [0.1, 0.15) is 30.1 Å². The quantitative estimate of drug-likeness (QED) is 0.254. The lowest BCUT2D eigenvalue weighted by Crippen LogP contribution is -2.34. The third-order valence-electron chi connectivity index (χ3n) is 4.94. The summed E-state index contributed by atoms with van der Waals surface area (Å²) in [7, 11) is 0. The molecule has 0 aliphatic carbocycles. The molecule has 2 aromatic rings. The lowest BCUT2D eigenvalue weighted by molar-refractivity contribution is -0.395. The smallest absolute Gasteiger partial charge is 0.311 e. The Labute approximate surface area is 190 Å². The number of hydrogen-bond donors (Lipinski definition) is 1. The van der Waals surface area contributed by atoms with Crippen LogP contribution in [0.25, 0.3) is 0 Å². The van der Waals surface area contributed by atoms with Gasteiger partial charge in [-0.3, -0.25) is 29.8 Å². The van der Waals surface area contributed by atoms with Crippen molar-refractivity contribution in [3.8, 4) is 5.75 Å². The zero-order valence-corrected chi connectivity index (χ0v) is 17.8. The highest BCUT2D eigenvalue weighted by molar-refractivity contribution is 6.04. The van der Waals surface area contributed by atoms with Crippen LogP contribution in [0, 0.1) is 26.0 Å². The molecule has 178 valence electrons. The molecule has 0 saturated carbocycles. The number of rotatable bonds is 8. The highest BCUT2D eigenvalue weighted by Crippen LogP contribution is 2.40. The van der Waals surface area contributed by atoms with Crippen LogP contribution in [0.4, 0.5) is 32.8 Å². The van der Waals surface area contributed by atoms with E-state index in [0.717, 1.165) is 0 Å². The fourth-order valence-electron chi connectivity index (χ4n) is 3.33. The van der Waals surface area contributed by atoms with Gasteiger partial charge in [-0.1, -0.05) is 0 Å². The molecule has 3 rings (SSSR count). The molecule has 0 aromatic heterocycles. The molecule has 1 N–H and O–H groups in total. The predicted molar refractivity (Wildman–Crippen MR) is 114 cm³/mol. The molecule has 0 amide bonds. The van der Waals surface area contributed by atoms with Gasteiger partial charge in [-0.25, -0.2) is 0 Å². The van der Waals surface area contributed by atoms with Crippen LogP contribution in [-0.4, -0.2) is 46.4 Å². The molecule has 1 aliphatic heterocycles. The van der Waals surface area contributed by atoms with Gasteiger partial charge in [-0.15, -0.1) is 10.2 Å². The van der Waals surface area contributed by atoms with Gasteiger partial charge in [0.05, 0.1) is 34.6 Å². The van der Waals surface area contributed by atoms with E-state index in [4.69, 9.17) is 4.74 Å². The average Bonchev–Trinajstić information content (AvgIpc) is 2.77. The number of fused-ring (bicyclic) bond motifs is 1. The zero-order valence-electron chi connectivity index (χ0n) is 17.8. The van der Waals surface area contributed by atoms with Gasteiger partial charge in [-0.2, -0.15) is 4.39 Å². The molecule has 34 heavy (non-hydrogen) atoms. The molecular weight excluding hydrogens is 457 g/mol. The van der Waals surface area contributed by atoms with E-state index in [1.54, 1.807) is 11.8 Å². The summed E-state index contributed by atoms with van der Waals surface area (Å²) in [6, 6.07) is 3.37. The standard InChI is InChI=1S/C20H18FN5O8/c1-2-34-20(29)4-6-24-5-3-18(27)11-7-14(19(28)10-15(11)24)23-22-13-8-12(21)16(25(30)31)9-17(13)26(32)33/h7-10,28H,2-6H2,1H3. The number of carbonyl (C=O) groups excluding carboxylic acids is 2. The average molecular weight is 475 g/mol. The SMILES string of the molecule is CCOC(=O)CCN1CCC(=O)c2cc(N=Nc3cc(F)c([N+](=O)[O-])cc3[N+](=O)[O-])c(O)cc21. The van der Waals surface area contributed by atoms with E-state index in [1.165, 1.54) is 12.1 Å². The van der Waals surface area contributed by atoms with E-state index in [1.807, 2.05) is 0 Å². The largest absolute Gasteiger partial charge is 0.506 e. The van der Waals surface area contributed by atoms with Gasteiger partial charge in [0.1, 0.15) is 11.4 Å². The molecule has 1 aliphatic rings. The molecule has 13 nitrogen and oxygen atoms in total. The minimum Gasteiger partial charge on any atom is -0.506 e. The maximum atomic E-state index is 13.9. The van der Waals surface area contributed by atoms with Crippen molar-refractivity contribution in [1.82, 2.24) is 0 Å². The van der Waals surface area contributed by atoms with E-state index >= 15 is 0 Å². The number of ketones is 1. The minimum atomic E-state index is -1.35. The number of aromatic hydroxyl groups is 1. The van der Waals surface area contributed by atoms with Crippen LogP contribution < -0.4 is 4.90 Å². The highest BCUT2D eigenvalue weighted by Gasteiger charge is 2.27. The number of carbonyl (C=O) groups is 2. The van der Waals surface area contributed by atoms with Gasteiger partial charge < -0.3 is 14.7 Å². The molecule has 1 heterocycles. The van der Waals surface area contributed by atoms with Crippen molar-refractivity contribution < 1.29 is 33.7 Å². The molecule has 14 heteroatoms. The lowest BCUT2D eigenvalue weighted by Gasteiger charge is -2.30. The Morgan fingerprint density at radius 3 is 2.47 bits per heavy atom. The van der Waals surface area contributed by atoms with E-state index in [0.29, 0.717) is 24.4 Å². The fourth-order valence-corrected chi connectivity index (χ4v) is 3.33. The summed E-state index contributed by atoms with van der Waals surface area (Å²) in [6.07, 6.45) is 0.204. The number of phenols is 1. The molecule has 0 fully saturated rings. The Morgan fingerprint density at radius 2 is 1.82 bits per heavy atom. The van der Waals surface area contributed by atoms with Crippen molar-refractivity contribution in [2.24, 2.45) is 10.2 Å². The fraction of sp³-hybridized carbons (Fsp3) is 0.300. The number of phenolic OH excluding ortho intramolecular Hbond substituents is 1. The van der Waals surface area contributed by atoms with Crippen molar-refractivity contribution in [2.45, 2.75) is 19.8 Å². The summed E-state index contributed by atoms with van der Waals surface area (Å²) in [5.74, 6) is -2.45. The Hall–Kier alpha value is -4.49. The van der Waals surface area contributed by atoms with E-state index in [-0.39, 0.29) is 43.0 Å². The molecule has 0 saturated heterocycles. The zero-order chi connectivity index (χ0) is 25.0. The highest BCUT2D eigenvalue weighted by atomic mass is 19.1. The predicted octanol–water partition coefficient (Wildman–Crippen LogP) is 4.11. The molecule has 0 unspecified atom stereocenters. The molecule has 0 radical (unpaired) electrons. The number of azo groups is 1. The summed E-state index contributed by atoms with van der Waals surface area (Å²) >= 11 is 0. The third-order valence-corrected chi connectivity index (χ3v) is 4.94. The summed E-state index contributed by atoms with van der Waals surface area (Å²) < 4.78 is 18.8. The number of nitro groups is 2. The number of nitrogens with zero attached hydrogens (tertiary/aromatic N) is 5. The Balaban J connectivity index is 1.94. The topological polar surface area (TPSA) is 178 Å². The summed E-state index contributed by atoms with van der Waals surface area (Å²) in [5.41, 5.74) is -2.26. The molecule has 0 atom stereocenters. The van der Waals surface area contributed by atoms with Gasteiger partial charge >= 0.3 is 17.3 Å². The summed E-state index contributed by atoms with van der Waals surface area (Å²) in [4.78, 5) is 45.8. The number of hydrogen-bond acceptors (Lipinski definition) is 11. The van der Waals surface area contributed by atoms with E-state index in [2.05, 4.69) is 10.2 Å². The van der Waals surface area contributed by atoms with Gasteiger partial charge in [0, 0.05) is 37.2 Å². The van der Waals surface area contributed by atoms with Crippen molar-refractivity contribution in [3.63, 3.8) is 0 Å². The lowest BCUT2D eigenvalue weighted by atomic mass is 9.99.